The van der Waals surface area contributed by atoms with Crippen LogP contribution in [0.15, 0.2) is 0 Å². The first-order chi connectivity index (χ1) is 4.00. The predicted octanol–water partition coefficient (Wildman–Crippen LogP) is -7.97. The van der Waals surface area contributed by atoms with Gasteiger partial charge in [0, 0.05) is 0 Å². The molecule has 8 nitrogen and oxygen atoms in total. The summed E-state index contributed by atoms with van der Waals surface area (Å²) in [6.45, 7) is 0. The third-order valence-corrected chi connectivity index (χ3v) is 0. The molecule has 0 saturated heterocycles. The zero-order chi connectivity index (χ0) is 9.00. The van der Waals surface area contributed by atoms with Gasteiger partial charge < -0.3 is 38.4 Å². The molecule has 76 valence electrons. The van der Waals surface area contributed by atoms with Crippen molar-refractivity contribution in [2.24, 2.45) is 0 Å². The minimum absolute atomic E-state index is 0. The van der Waals surface area contributed by atoms with Gasteiger partial charge in [-0.2, -0.15) is 0 Å². The summed E-state index contributed by atoms with van der Waals surface area (Å²) < 4.78 is 0. The summed E-state index contributed by atoms with van der Waals surface area (Å²) in [7, 11) is -9.22. The molecule has 0 aliphatic heterocycles. The zero-order valence-electron chi connectivity index (χ0n) is 4.58. The van der Waals surface area contributed by atoms with Crippen molar-refractivity contribution in [2.45, 2.75) is 0 Å². The summed E-state index contributed by atoms with van der Waals surface area (Å²) in [6.07, 6.45) is 0. The van der Waals surface area contributed by atoms with Gasteiger partial charge in [-0.15, -0.1) is 0 Å². The van der Waals surface area contributed by atoms with Gasteiger partial charge in [0.15, 0.2) is 0 Å². The number of hydrogen-bond donors (Lipinski definition) is 8. The van der Waals surface area contributed by atoms with E-state index in [9.17, 15) is 0 Å². The molecule has 0 unspecified atom stereocenters. The minimum Gasteiger partial charge on any atom is 0.316 e. The van der Waals surface area contributed by atoms with Crippen LogP contribution in [0, 0.1) is 0 Å². The maximum atomic E-state index is 7.33. The van der Waals surface area contributed by atoms with E-state index in [-0.39, 0.29) is 95.0 Å². The summed E-state index contributed by atoms with van der Waals surface area (Å²) in [5.41, 5.74) is 0. The molecule has 0 aromatic carbocycles. The molecule has 0 spiro atoms. The molecule has 0 rings (SSSR count). The maximum Gasteiger partial charge on any atom is 0.316 e. The zero-order valence-corrected chi connectivity index (χ0v) is 6.58. The Bertz CT molecular complexity index is 63.1. The SMILES string of the molecule is O[Si](O)(O)O.O[Si](O)(O)O.[BaH2].[MgH2].[MgH2]. The molecule has 8 N–H and O–H groups in total. The fourth-order valence-electron chi connectivity index (χ4n) is 0. The van der Waals surface area contributed by atoms with Crippen LogP contribution in [-0.4, -0.2) is 151 Å². The van der Waals surface area contributed by atoms with Gasteiger partial charge in [0.25, 0.3) is 0 Å². The second-order valence-electron chi connectivity index (χ2n) is 1.20. The van der Waals surface area contributed by atoms with Crippen molar-refractivity contribution in [2.75, 3.05) is 0 Å². The minimum atomic E-state index is -4.61. The molecule has 13 heteroatoms. The molecular formula is H14BaMg2O8Si2. The fraction of sp³-hybridized carbons (Fsp3) is 0. The number of hydrogen-bond acceptors (Lipinski definition) is 8. The van der Waals surface area contributed by atoms with Crippen LogP contribution in [0.4, 0.5) is 0 Å². The third kappa shape index (κ3) is 257. The first kappa shape index (κ1) is 29.8. The van der Waals surface area contributed by atoms with Crippen molar-refractivity contribution in [3.63, 3.8) is 0 Å². The van der Waals surface area contributed by atoms with Crippen molar-refractivity contribution in [3.05, 3.63) is 0 Å². The van der Waals surface area contributed by atoms with Gasteiger partial charge >= 0.3 is 113 Å². The van der Waals surface area contributed by atoms with Gasteiger partial charge in [0.1, 0.15) is 0 Å². The van der Waals surface area contributed by atoms with Crippen LogP contribution in [0.25, 0.3) is 0 Å². The molecule has 13 heavy (non-hydrogen) atoms. The van der Waals surface area contributed by atoms with Crippen LogP contribution in [0.5, 0.6) is 0 Å². The molecule has 0 aliphatic rings. The van der Waals surface area contributed by atoms with Crippen molar-refractivity contribution >= 4 is 113 Å². The molecule has 0 heterocycles. The Kier molecular flexibility index (Phi) is 30.5. The van der Waals surface area contributed by atoms with Crippen LogP contribution in [0.2, 0.25) is 0 Å². The van der Waals surface area contributed by atoms with Crippen LogP contribution in [0.3, 0.4) is 0 Å². The van der Waals surface area contributed by atoms with E-state index in [1.165, 1.54) is 0 Å². The third-order valence-electron chi connectivity index (χ3n) is 0. The first-order valence-corrected chi connectivity index (χ1v) is 5.37. The van der Waals surface area contributed by atoms with Gasteiger partial charge in [-0.1, -0.05) is 0 Å². The standard InChI is InChI=1S/Ba.2Mg.2H4O4Si.6H/c;;;2*1-5(2,3)4;;;;;;/h;;;2*1-4H;;;;;;. The van der Waals surface area contributed by atoms with Gasteiger partial charge in [-0.05, 0) is 0 Å². The topological polar surface area (TPSA) is 162 Å². The largest absolute Gasteiger partial charge is 0.316 e. The summed E-state index contributed by atoms with van der Waals surface area (Å²) in [6, 6.07) is 0. The van der Waals surface area contributed by atoms with Crippen LogP contribution in [-0.2, 0) is 0 Å². The van der Waals surface area contributed by atoms with E-state index in [1.807, 2.05) is 0 Å². The maximum absolute atomic E-state index is 7.33. The summed E-state index contributed by atoms with van der Waals surface area (Å²) >= 11 is 0. The average Bonchev–Trinajstić information content (AvgIpc) is 1.12. The van der Waals surface area contributed by atoms with Crippen molar-refractivity contribution in [3.8, 4) is 0 Å². The molecule has 0 saturated carbocycles. The average molecular weight is 384 g/mol. The molecule has 0 aliphatic carbocycles. The van der Waals surface area contributed by atoms with E-state index >= 15 is 0 Å². The van der Waals surface area contributed by atoms with Crippen LogP contribution in [0.1, 0.15) is 0 Å². The normalized spacial score (nSPS) is 9.23. The summed E-state index contributed by atoms with van der Waals surface area (Å²) in [4.78, 5) is 58.6. The number of rotatable bonds is 0. The van der Waals surface area contributed by atoms with Crippen LogP contribution < -0.4 is 0 Å². The Morgan fingerprint density at radius 2 is 0.462 bits per heavy atom. The molecule has 0 amide bonds. The Morgan fingerprint density at radius 3 is 0.462 bits per heavy atom. The molecular weight excluding hydrogens is 370 g/mol. The molecule has 0 aromatic rings. The van der Waals surface area contributed by atoms with Crippen molar-refractivity contribution in [1.82, 2.24) is 0 Å². The van der Waals surface area contributed by atoms with E-state index in [4.69, 9.17) is 38.4 Å². The quantitative estimate of drug-likeness (QED) is 0.191. The Hall–Kier alpha value is 3.22. The van der Waals surface area contributed by atoms with E-state index in [0.717, 1.165) is 0 Å². The Morgan fingerprint density at radius 1 is 0.462 bits per heavy atom. The van der Waals surface area contributed by atoms with Gasteiger partial charge in [0.05, 0.1) is 0 Å². The molecule has 0 aromatic heterocycles. The van der Waals surface area contributed by atoms with E-state index < -0.39 is 18.1 Å². The molecule has 0 radical (unpaired) electrons. The Balaban J connectivity index is -0.0000000267. The Labute approximate surface area is 149 Å². The van der Waals surface area contributed by atoms with Gasteiger partial charge in [-0.3, -0.25) is 0 Å². The predicted molar refractivity (Wildman–Crippen MR) is 54.9 cm³/mol. The smallest absolute Gasteiger partial charge is 0.316 e. The van der Waals surface area contributed by atoms with Crippen molar-refractivity contribution in [1.29, 1.82) is 0 Å². The molecule has 0 atom stereocenters. The second-order valence-corrected chi connectivity index (χ2v) is 3.60. The molecule has 0 fully saturated rings. The van der Waals surface area contributed by atoms with Crippen LogP contribution >= 0.6 is 0 Å². The summed E-state index contributed by atoms with van der Waals surface area (Å²) in [5.74, 6) is 0. The first-order valence-electron chi connectivity index (χ1n) is 1.79. The van der Waals surface area contributed by atoms with Gasteiger partial charge in [0.2, 0.25) is 0 Å². The van der Waals surface area contributed by atoms with E-state index in [0.29, 0.717) is 0 Å². The van der Waals surface area contributed by atoms with Crippen molar-refractivity contribution < 1.29 is 38.4 Å². The van der Waals surface area contributed by atoms with Gasteiger partial charge in [-0.25, -0.2) is 0 Å². The summed E-state index contributed by atoms with van der Waals surface area (Å²) in [5, 5.41) is 0. The van der Waals surface area contributed by atoms with E-state index in [1.54, 1.807) is 0 Å². The fourth-order valence-corrected chi connectivity index (χ4v) is 0. The van der Waals surface area contributed by atoms with E-state index in [2.05, 4.69) is 0 Å². The second kappa shape index (κ2) is 13.3. The monoisotopic (exact) mass is 384 g/mol. The molecule has 0 bridgehead atoms.